The van der Waals surface area contributed by atoms with Gasteiger partial charge in [0.15, 0.2) is 0 Å². The third-order valence-corrected chi connectivity index (χ3v) is 2.68. The van der Waals surface area contributed by atoms with Crippen molar-refractivity contribution in [2.45, 2.75) is 39.5 Å². The van der Waals surface area contributed by atoms with Gasteiger partial charge in [0.25, 0.3) is 0 Å². The van der Waals surface area contributed by atoms with Gasteiger partial charge in [0.2, 0.25) is 0 Å². The van der Waals surface area contributed by atoms with Crippen LogP contribution in [0.5, 0.6) is 5.75 Å². The summed E-state index contributed by atoms with van der Waals surface area (Å²) in [7, 11) is 0. The van der Waals surface area contributed by atoms with Gasteiger partial charge in [-0.25, -0.2) is 0 Å². The van der Waals surface area contributed by atoms with Crippen LogP contribution in [0.1, 0.15) is 45.1 Å². The molecule has 0 aromatic heterocycles. The molecule has 0 aliphatic carbocycles. The second-order valence-electron chi connectivity index (χ2n) is 4.73. The number of nitrogens with zero attached hydrogens (tertiary/aromatic N) is 1. The van der Waals surface area contributed by atoms with Crippen molar-refractivity contribution in [1.82, 2.24) is 0 Å². The number of benzene rings is 1. The maximum atomic E-state index is 8.66. The zero-order chi connectivity index (χ0) is 12.5. The van der Waals surface area contributed by atoms with E-state index in [1.807, 2.05) is 12.1 Å². The van der Waals surface area contributed by atoms with Gasteiger partial charge in [-0.05, 0) is 36.6 Å². The highest BCUT2D eigenvalue weighted by atomic mass is 16.5. The van der Waals surface area contributed by atoms with E-state index in [1.54, 1.807) is 12.1 Å². The number of rotatable bonds is 7. The molecule has 0 saturated heterocycles. The number of hydrogen-bond donors (Lipinski definition) is 0. The Morgan fingerprint density at radius 3 is 2.41 bits per heavy atom. The first-order valence-corrected chi connectivity index (χ1v) is 6.35. The molecule has 0 N–H and O–H groups in total. The molecule has 0 aliphatic rings. The first-order valence-electron chi connectivity index (χ1n) is 6.35. The van der Waals surface area contributed by atoms with Crippen LogP contribution in [0, 0.1) is 17.2 Å². The second kappa shape index (κ2) is 7.73. The monoisotopic (exact) mass is 231 g/mol. The lowest BCUT2D eigenvalue weighted by Crippen LogP contribution is -1.97. The maximum absolute atomic E-state index is 8.66. The fourth-order valence-electron chi connectivity index (χ4n) is 1.65. The van der Waals surface area contributed by atoms with Gasteiger partial charge in [-0.15, -0.1) is 0 Å². The van der Waals surface area contributed by atoms with Gasteiger partial charge >= 0.3 is 0 Å². The summed E-state index contributed by atoms with van der Waals surface area (Å²) in [6, 6.07) is 9.37. The molecular formula is C15H21NO. The summed E-state index contributed by atoms with van der Waals surface area (Å²) in [5.41, 5.74) is 0.675. The van der Waals surface area contributed by atoms with E-state index < -0.39 is 0 Å². The zero-order valence-corrected chi connectivity index (χ0v) is 10.8. The zero-order valence-electron chi connectivity index (χ0n) is 10.8. The quantitative estimate of drug-likeness (QED) is 0.660. The predicted octanol–water partition coefficient (Wildman–Crippen LogP) is 4.15. The van der Waals surface area contributed by atoms with Crippen LogP contribution in [-0.2, 0) is 0 Å². The fraction of sp³-hybridized carbons (Fsp3) is 0.533. The molecule has 0 fully saturated rings. The van der Waals surface area contributed by atoms with Crippen LogP contribution in [0.25, 0.3) is 0 Å². The van der Waals surface area contributed by atoms with Crippen LogP contribution >= 0.6 is 0 Å². The Hall–Kier alpha value is -1.49. The summed E-state index contributed by atoms with van der Waals surface area (Å²) in [6.45, 7) is 5.28. The van der Waals surface area contributed by atoms with Crippen molar-refractivity contribution in [3.63, 3.8) is 0 Å². The van der Waals surface area contributed by atoms with Gasteiger partial charge in [0, 0.05) is 0 Å². The summed E-state index contributed by atoms with van der Waals surface area (Å²) in [5, 5.41) is 8.66. The molecule has 92 valence electrons. The van der Waals surface area contributed by atoms with Crippen LogP contribution in [0.15, 0.2) is 24.3 Å². The van der Waals surface area contributed by atoms with Crippen molar-refractivity contribution in [3.05, 3.63) is 29.8 Å². The highest BCUT2D eigenvalue weighted by Gasteiger charge is 1.96. The van der Waals surface area contributed by atoms with Crippen molar-refractivity contribution in [3.8, 4) is 11.8 Å². The minimum atomic E-state index is 0.675. The molecule has 0 aliphatic heterocycles. The normalized spacial score (nSPS) is 10.2. The van der Waals surface area contributed by atoms with Crippen LogP contribution < -0.4 is 4.74 Å². The van der Waals surface area contributed by atoms with Gasteiger partial charge in [0.05, 0.1) is 18.2 Å². The van der Waals surface area contributed by atoms with Crippen LogP contribution in [0.3, 0.4) is 0 Å². The number of ether oxygens (including phenoxy) is 1. The van der Waals surface area contributed by atoms with E-state index >= 15 is 0 Å². The summed E-state index contributed by atoms with van der Waals surface area (Å²) < 4.78 is 5.60. The van der Waals surface area contributed by atoms with Crippen molar-refractivity contribution in [1.29, 1.82) is 5.26 Å². The number of nitriles is 1. The van der Waals surface area contributed by atoms with Gasteiger partial charge in [0.1, 0.15) is 5.75 Å². The Morgan fingerprint density at radius 2 is 1.82 bits per heavy atom. The molecule has 0 radical (unpaired) electrons. The van der Waals surface area contributed by atoms with E-state index in [9.17, 15) is 0 Å². The van der Waals surface area contributed by atoms with Crippen molar-refractivity contribution < 1.29 is 4.74 Å². The topological polar surface area (TPSA) is 33.0 Å². The Morgan fingerprint density at radius 1 is 1.12 bits per heavy atom. The van der Waals surface area contributed by atoms with Crippen LogP contribution in [0.2, 0.25) is 0 Å². The Kier molecular flexibility index (Phi) is 6.17. The van der Waals surface area contributed by atoms with E-state index in [1.165, 1.54) is 19.3 Å². The molecule has 0 bridgehead atoms. The summed E-state index contributed by atoms with van der Waals surface area (Å²) in [4.78, 5) is 0. The van der Waals surface area contributed by atoms with E-state index in [2.05, 4.69) is 19.9 Å². The van der Waals surface area contributed by atoms with E-state index in [-0.39, 0.29) is 0 Å². The largest absolute Gasteiger partial charge is 0.494 e. The molecule has 17 heavy (non-hydrogen) atoms. The number of hydrogen-bond acceptors (Lipinski definition) is 2. The molecule has 0 amide bonds. The first-order chi connectivity index (χ1) is 8.22. The second-order valence-corrected chi connectivity index (χ2v) is 4.73. The first kappa shape index (κ1) is 13.6. The Labute approximate surface area is 104 Å². The lowest BCUT2D eigenvalue weighted by atomic mass is 10.1. The third kappa shape index (κ3) is 5.97. The molecular weight excluding hydrogens is 210 g/mol. The van der Waals surface area contributed by atoms with Crippen LogP contribution in [0.4, 0.5) is 0 Å². The van der Waals surface area contributed by atoms with E-state index in [0.717, 1.165) is 24.7 Å². The Bertz CT molecular complexity index is 348. The van der Waals surface area contributed by atoms with Gasteiger partial charge in [-0.2, -0.15) is 5.26 Å². The highest BCUT2D eigenvalue weighted by molar-refractivity contribution is 5.34. The fourth-order valence-corrected chi connectivity index (χ4v) is 1.65. The molecule has 2 heteroatoms. The molecule has 1 aromatic carbocycles. The third-order valence-electron chi connectivity index (χ3n) is 2.68. The molecule has 0 atom stereocenters. The smallest absolute Gasteiger partial charge is 0.119 e. The molecule has 0 heterocycles. The molecule has 0 saturated carbocycles. The summed E-state index contributed by atoms with van der Waals surface area (Å²) in [5.74, 6) is 1.65. The minimum Gasteiger partial charge on any atom is -0.494 e. The Balaban J connectivity index is 2.12. The summed E-state index contributed by atoms with van der Waals surface area (Å²) >= 11 is 0. The molecule has 0 unspecified atom stereocenters. The van der Waals surface area contributed by atoms with Crippen LogP contribution in [-0.4, -0.2) is 6.61 Å². The average Bonchev–Trinajstić information content (AvgIpc) is 2.34. The standard InChI is InChI=1S/C15H21NO/c1-13(2)6-4-3-5-11-17-15-9-7-14(12-16)8-10-15/h7-10,13H,3-6,11H2,1-2H3. The van der Waals surface area contributed by atoms with Gasteiger partial charge in [-0.3, -0.25) is 0 Å². The van der Waals surface area contributed by atoms with Crippen molar-refractivity contribution in [2.75, 3.05) is 6.61 Å². The lowest BCUT2D eigenvalue weighted by Gasteiger charge is -2.07. The maximum Gasteiger partial charge on any atom is 0.119 e. The lowest BCUT2D eigenvalue weighted by molar-refractivity contribution is 0.303. The molecule has 0 spiro atoms. The van der Waals surface area contributed by atoms with Gasteiger partial charge in [-0.1, -0.05) is 33.1 Å². The van der Waals surface area contributed by atoms with Crippen molar-refractivity contribution in [2.24, 2.45) is 5.92 Å². The predicted molar refractivity (Wildman–Crippen MR) is 70.0 cm³/mol. The SMILES string of the molecule is CC(C)CCCCCOc1ccc(C#N)cc1. The molecule has 2 nitrogen and oxygen atoms in total. The van der Waals surface area contributed by atoms with E-state index in [4.69, 9.17) is 10.00 Å². The molecule has 1 aromatic rings. The summed E-state index contributed by atoms with van der Waals surface area (Å²) in [6.07, 6.45) is 4.92. The van der Waals surface area contributed by atoms with Crippen molar-refractivity contribution >= 4 is 0 Å². The minimum absolute atomic E-state index is 0.675. The highest BCUT2D eigenvalue weighted by Crippen LogP contribution is 2.13. The molecule has 1 rings (SSSR count). The van der Waals surface area contributed by atoms with E-state index in [0.29, 0.717) is 5.56 Å². The van der Waals surface area contributed by atoms with Gasteiger partial charge < -0.3 is 4.74 Å². The average molecular weight is 231 g/mol. The number of unbranched alkanes of at least 4 members (excludes halogenated alkanes) is 2.